The van der Waals surface area contributed by atoms with Crippen LogP contribution in [0.4, 0.5) is 0 Å². The zero-order valence-corrected chi connectivity index (χ0v) is 18.7. The average molecular weight is 441 g/mol. The third kappa shape index (κ3) is 4.28. The standard InChI is InChI=1S/C25H32N2O5/c1-17-12-19-13-18(2-3-21(19)24(30)32-17)22(28)15-26-8-4-25(5-9-26)6-10-27(11-7-25)20-14-23(29)31-16-20/h2-3,13-14,17,22,28H,4-12,15-16H2,1H3/t17?,22-/m1/s1. The zero-order valence-electron chi connectivity index (χ0n) is 18.7. The van der Waals surface area contributed by atoms with Gasteiger partial charge in [0.1, 0.15) is 12.7 Å². The topological polar surface area (TPSA) is 79.3 Å². The van der Waals surface area contributed by atoms with Crippen LogP contribution in [0.15, 0.2) is 30.0 Å². The Labute approximate surface area is 189 Å². The fourth-order valence-electron chi connectivity index (χ4n) is 5.66. The van der Waals surface area contributed by atoms with Crippen molar-refractivity contribution >= 4 is 11.9 Å². The quantitative estimate of drug-likeness (QED) is 0.721. The Balaban J connectivity index is 1.14. The van der Waals surface area contributed by atoms with Crippen molar-refractivity contribution in [2.75, 3.05) is 39.3 Å². The second-order valence-electron chi connectivity index (χ2n) is 9.88. The summed E-state index contributed by atoms with van der Waals surface area (Å²) in [5.41, 5.74) is 3.87. The van der Waals surface area contributed by atoms with Gasteiger partial charge in [0.15, 0.2) is 0 Å². The number of ether oxygens (including phenoxy) is 2. The molecule has 172 valence electrons. The van der Waals surface area contributed by atoms with Crippen molar-refractivity contribution in [3.8, 4) is 0 Å². The number of rotatable bonds is 4. The molecule has 0 aromatic heterocycles. The first-order chi connectivity index (χ1) is 15.4. The molecular formula is C25H32N2O5. The van der Waals surface area contributed by atoms with Crippen LogP contribution in [0.3, 0.4) is 0 Å². The van der Waals surface area contributed by atoms with E-state index in [1.54, 1.807) is 12.1 Å². The second kappa shape index (κ2) is 8.52. The molecular weight excluding hydrogens is 408 g/mol. The Hall–Kier alpha value is -2.38. The molecule has 4 aliphatic heterocycles. The van der Waals surface area contributed by atoms with Crippen LogP contribution in [-0.4, -0.2) is 72.3 Å². The van der Waals surface area contributed by atoms with Gasteiger partial charge in [-0.15, -0.1) is 0 Å². The number of aliphatic hydroxyl groups is 1. The minimum atomic E-state index is -0.559. The van der Waals surface area contributed by atoms with Crippen LogP contribution >= 0.6 is 0 Å². The summed E-state index contributed by atoms with van der Waals surface area (Å²) in [7, 11) is 0. The van der Waals surface area contributed by atoms with Gasteiger partial charge in [-0.05, 0) is 68.3 Å². The highest BCUT2D eigenvalue weighted by Crippen LogP contribution is 2.42. The van der Waals surface area contributed by atoms with Gasteiger partial charge in [0.05, 0.1) is 17.4 Å². The number of esters is 2. The van der Waals surface area contributed by atoms with E-state index in [2.05, 4.69) is 9.80 Å². The lowest BCUT2D eigenvalue weighted by molar-refractivity contribution is -0.135. The molecule has 1 aromatic carbocycles. The lowest BCUT2D eigenvalue weighted by Gasteiger charge is -2.47. The molecule has 0 amide bonds. The third-order valence-electron chi connectivity index (χ3n) is 7.77. The summed E-state index contributed by atoms with van der Waals surface area (Å²) in [4.78, 5) is 28.0. The maximum atomic E-state index is 12.0. The fourth-order valence-corrected chi connectivity index (χ4v) is 5.66. The first kappa shape index (κ1) is 21.5. The summed E-state index contributed by atoms with van der Waals surface area (Å²) in [6.45, 7) is 6.90. The van der Waals surface area contributed by atoms with E-state index in [0.29, 0.717) is 30.6 Å². The molecule has 0 saturated carbocycles. The Kier molecular flexibility index (Phi) is 5.72. The lowest BCUT2D eigenvalue weighted by atomic mass is 9.71. The van der Waals surface area contributed by atoms with Gasteiger partial charge in [-0.3, -0.25) is 0 Å². The van der Waals surface area contributed by atoms with E-state index in [1.165, 1.54) is 0 Å². The molecule has 7 heteroatoms. The molecule has 2 atom stereocenters. The molecule has 4 heterocycles. The fraction of sp³-hybridized carbons (Fsp3) is 0.600. The SMILES string of the molecule is CC1Cc2cc([C@H](O)CN3CCC4(CC3)CCN(C3=CC(=O)OC3)CC4)ccc2C(=O)O1. The molecule has 32 heavy (non-hydrogen) atoms. The van der Waals surface area contributed by atoms with Gasteiger partial charge in [-0.1, -0.05) is 12.1 Å². The first-order valence-electron chi connectivity index (χ1n) is 11.8. The van der Waals surface area contributed by atoms with Crippen molar-refractivity contribution in [2.45, 2.75) is 51.2 Å². The summed E-state index contributed by atoms with van der Waals surface area (Å²) in [6, 6.07) is 5.62. The van der Waals surface area contributed by atoms with E-state index in [9.17, 15) is 14.7 Å². The van der Waals surface area contributed by atoms with Crippen molar-refractivity contribution in [3.05, 3.63) is 46.7 Å². The molecule has 1 aromatic rings. The van der Waals surface area contributed by atoms with Crippen LogP contribution < -0.4 is 0 Å². The number of hydrogen-bond acceptors (Lipinski definition) is 7. The Bertz CT molecular complexity index is 924. The van der Waals surface area contributed by atoms with Crippen molar-refractivity contribution in [1.29, 1.82) is 0 Å². The number of aliphatic hydroxyl groups excluding tert-OH is 1. The maximum absolute atomic E-state index is 12.0. The van der Waals surface area contributed by atoms with Gasteiger partial charge in [-0.2, -0.15) is 0 Å². The molecule has 0 radical (unpaired) electrons. The normalized spacial score (nSPS) is 26.4. The smallest absolute Gasteiger partial charge is 0.338 e. The van der Waals surface area contributed by atoms with Crippen molar-refractivity contribution in [1.82, 2.24) is 9.80 Å². The van der Waals surface area contributed by atoms with Crippen LogP contribution in [0.25, 0.3) is 0 Å². The minimum Gasteiger partial charge on any atom is -0.459 e. The highest BCUT2D eigenvalue weighted by molar-refractivity contribution is 5.92. The first-order valence-corrected chi connectivity index (χ1v) is 11.8. The van der Waals surface area contributed by atoms with Crippen LogP contribution in [0.2, 0.25) is 0 Å². The minimum absolute atomic E-state index is 0.120. The lowest BCUT2D eigenvalue weighted by Crippen LogP contribution is -2.47. The number of carbonyl (C=O) groups excluding carboxylic acids is 2. The van der Waals surface area contributed by atoms with Crippen LogP contribution in [0.5, 0.6) is 0 Å². The number of nitrogens with zero attached hydrogens (tertiary/aromatic N) is 2. The highest BCUT2D eigenvalue weighted by atomic mass is 16.5. The molecule has 2 saturated heterocycles. The number of cyclic esters (lactones) is 2. The average Bonchev–Trinajstić information content (AvgIpc) is 3.21. The van der Waals surface area contributed by atoms with Gasteiger partial charge in [0.25, 0.3) is 0 Å². The van der Waals surface area contributed by atoms with Crippen molar-refractivity contribution in [3.63, 3.8) is 0 Å². The van der Waals surface area contributed by atoms with Crippen molar-refractivity contribution < 1.29 is 24.2 Å². The summed E-state index contributed by atoms with van der Waals surface area (Å²) >= 11 is 0. The van der Waals surface area contributed by atoms with Crippen LogP contribution in [0.1, 0.15) is 60.2 Å². The Morgan fingerprint density at radius 2 is 1.84 bits per heavy atom. The number of carbonyl (C=O) groups is 2. The van der Waals surface area contributed by atoms with E-state index in [0.717, 1.165) is 68.7 Å². The molecule has 7 nitrogen and oxygen atoms in total. The second-order valence-corrected chi connectivity index (χ2v) is 9.88. The predicted octanol–water partition coefficient (Wildman–Crippen LogP) is 2.44. The van der Waals surface area contributed by atoms with Gasteiger partial charge in [0, 0.05) is 32.1 Å². The number of fused-ring (bicyclic) bond motifs is 1. The van der Waals surface area contributed by atoms with Gasteiger partial charge < -0.3 is 24.4 Å². The highest BCUT2D eigenvalue weighted by Gasteiger charge is 2.38. The van der Waals surface area contributed by atoms with Gasteiger partial charge >= 0.3 is 11.9 Å². The largest absolute Gasteiger partial charge is 0.459 e. The third-order valence-corrected chi connectivity index (χ3v) is 7.77. The summed E-state index contributed by atoms with van der Waals surface area (Å²) in [5.74, 6) is -0.490. The van der Waals surface area contributed by atoms with E-state index in [1.807, 2.05) is 19.1 Å². The Morgan fingerprint density at radius 3 is 2.53 bits per heavy atom. The molecule has 1 spiro atoms. The van der Waals surface area contributed by atoms with E-state index < -0.39 is 6.10 Å². The molecule has 2 fully saturated rings. The summed E-state index contributed by atoms with van der Waals surface area (Å²) in [6.07, 6.45) is 6.24. The number of likely N-dealkylation sites (tertiary alicyclic amines) is 2. The number of β-amino-alcohol motifs (C(OH)–C–C–N with tert-alkyl or cyclic N) is 1. The van der Waals surface area contributed by atoms with E-state index in [4.69, 9.17) is 9.47 Å². The number of piperidine rings is 2. The van der Waals surface area contributed by atoms with Gasteiger partial charge in [-0.25, -0.2) is 9.59 Å². The van der Waals surface area contributed by atoms with Crippen LogP contribution in [-0.2, 0) is 20.7 Å². The van der Waals surface area contributed by atoms with Crippen molar-refractivity contribution in [2.24, 2.45) is 5.41 Å². The number of hydrogen-bond donors (Lipinski definition) is 1. The molecule has 1 unspecified atom stereocenters. The van der Waals surface area contributed by atoms with Crippen LogP contribution in [0, 0.1) is 5.41 Å². The Morgan fingerprint density at radius 1 is 1.12 bits per heavy atom. The zero-order chi connectivity index (χ0) is 22.3. The summed E-state index contributed by atoms with van der Waals surface area (Å²) in [5, 5.41) is 10.9. The monoisotopic (exact) mass is 440 g/mol. The molecule has 4 aliphatic rings. The molecule has 0 aliphatic carbocycles. The molecule has 1 N–H and O–H groups in total. The molecule has 5 rings (SSSR count). The number of benzene rings is 1. The maximum Gasteiger partial charge on any atom is 0.338 e. The van der Waals surface area contributed by atoms with E-state index in [-0.39, 0.29) is 18.0 Å². The molecule has 0 bridgehead atoms. The van der Waals surface area contributed by atoms with E-state index >= 15 is 0 Å². The predicted molar refractivity (Wildman–Crippen MR) is 118 cm³/mol. The van der Waals surface area contributed by atoms with Gasteiger partial charge in [0.2, 0.25) is 0 Å². The summed E-state index contributed by atoms with van der Waals surface area (Å²) < 4.78 is 10.4.